The molecule has 3 aromatic rings. The van der Waals surface area contributed by atoms with E-state index in [1.165, 1.54) is 25.3 Å². The summed E-state index contributed by atoms with van der Waals surface area (Å²) in [5.41, 5.74) is 0.653. The Balaban J connectivity index is 1.70. The van der Waals surface area contributed by atoms with Gasteiger partial charge in [-0.05, 0) is 49.4 Å². The molecule has 1 atom stereocenters. The Kier molecular flexibility index (Phi) is 6.46. The Morgan fingerprint density at radius 2 is 1.69 bits per heavy atom. The van der Waals surface area contributed by atoms with Crippen LogP contribution in [0.4, 0.5) is 0 Å². The van der Waals surface area contributed by atoms with Crippen molar-refractivity contribution < 1.29 is 23.5 Å². The minimum Gasteiger partial charge on any atom is -0.467 e. The molecule has 1 N–H and O–H groups in total. The van der Waals surface area contributed by atoms with Crippen molar-refractivity contribution in [1.29, 1.82) is 0 Å². The second-order valence-corrected chi connectivity index (χ2v) is 6.66. The van der Waals surface area contributed by atoms with E-state index in [1.54, 1.807) is 48.5 Å². The molecule has 148 valence electrons. The average molecular weight is 412 g/mol. The Morgan fingerprint density at radius 1 is 1.00 bits per heavy atom. The number of hydrogen-bond donors (Lipinski definition) is 1. The standard InChI is InChI=1S/C22H18ClNO5/c1-14(21(26)24-13-17-5-4-12-28-17)29-22(27)19-7-3-2-6-18(19)20(25)15-8-10-16(23)11-9-15/h2-12,14H,13H2,1H3,(H,24,26)/t14-/m0/s1. The van der Waals surface area contributed by atoms with Gasteiger partial charge in [0.1, 0.15) is 5.76 Å². The predicted octanol–water partition coefficient (Wildman–Crippen LogP) is 4.03. The topological polar surface area (TPSA) is 85.6 Å². The molecule has 0 unspecified atom stereocenters. The number of esters is 1. The average Bonchev–Trinajstić information content (AvgIpc) is 3.25. The summed E-state index contributed by atoms with van der Waals surface area (Å²) in [4.78, 5) is 37.6. The molecule has 0 saturated heterocycles. The zero-order valence-electron chi connectivity index (χ0n) is 15.6. The van der Waals surface area contributed by atoms with Crippen molar-refractivity contribution in [3.05, 3.63) is 94.4 Å². The van der Waals surface area contributed by atoms with Crippen molar-refractivity contribution in [3.63, 3.8) is 0 Å². The maximum absolute atomic E-state index is 12.8. The van der Waals surface area contributed by atoms with Crippen LogP contribution < -0.4 is 5.32 Å². The number of benzene rings is 2. The number of rotatable bonds is 7. The third-order valence-electron chi connectivity index (χ3n) is 4.17. The number of nitrogens with one attached hydrogen (secondary N) is 1. The van der Waals surface area contributed by atoms with Crippen LogP contribution in [0.5, 0.6) is 0 Å². The lowest BCUT2D eigenvalue weighted by atomic mass is 9.98. The molecule has 3 rings (SSSR count). The highest BCUT2D eigenvalue weighted by molar-refractivity contribution is 6.30. The lowest BCUT2D eigenvalue weighted by Crippen LogP contribution is -2.35. The van der Waals surface area contributed by atoms with Gasteiger partial charge in [0.25, 0.3) is 5.91 Å². The molecule has 0 aliphatic carbocycles. The van der Waals surface area contributed by atoms with Crippen LogP contribution >= 0.6 is 11.6 Å². The van der Waals surface area contributed by atoms with Gasteiger partial charge in [0, 0.05) is 16.1 Å². The second-order valence-electron chi connectivity index (χ2n) is 6.23. The summed E-state index contributed by atoms with van der Waals surface area (Å²) in [5.74, 6) is -1.00. The molecule has 0 aliphatic heterocycles. The fourth-order valence-electron chi connectivity index (χ4n) is 2.62. The predicted molar refractivity (Wildman–Crippen MR) is 107 cm³/mol. The fraction of sp³-hybridized carbons (Fsp3) is 0.136. The summed E-state index contributed by atoms with van der Waals surface area (Å²) in [6.07, 6.45) is 0.454. The lowest BCUT2D eigenvalue weighted by molar-refractivity contribution is -0.129. The molecule has 0 saturated carbocycles. The van der Waals surface area contributed by atoms with Crippen molar-refractivity contribution in [2.75, 3.05) is 0 Å². The van der Waals surface area contributed by atoms with Crippen molar-refractivity contribution in [3.8, 4) is 0 Å². The van der Waals surface area contributed by atoms with Gasteiger partial charge < -0.3 is 14.5 Å². The van der Waals surface area contributed by atoms with Crippen LogP contribution in [-0.2, 0) is 16.1 Å². The molecule has 0 fully saturated rings. The molecule has 0 radical (unpaired) electrons. The van der Waals surface area contributed by atoms with E-state index in [9.17, 15) is 14.4 Å². The molecule has 0 spiro atoms. The molecule has 2 aromatic carbocycles. The van der Waals surface area contributed by atoms with E-state index in [0.29, 0.717) is 16.3 Å². The molecule has 0 aliphatic rings. The Hall–Kier alpha value is -3.38. The first-order valence-electron chi connectivity index (χ1n) is 8.86. The number of carbonyl (C=O) groups is 3. The normalized spacial score (nSPS) is 11.5. The van der Waals surface area contributed by atoms with Gasteiger partial charge in [0.2, 0.25) is 0 Å². The quantitative estimate of drug-likeness (QED) is 0.468. The van der Waals surface area contributed by atoms with Gasteiger partial charge in [-0.3, -0.25) is 9.59 Å². The number of ketones is 1. The van der Waals surface area contributed by atoms with Crippen LogP contribution in [0.2, 0.25) is 5.02 Å². The summed E-state index contributed by atoms with van der Waals surface area (Å²) in [6.45, 7) is 1.64. The minimum atomic E-state index is -1.05. The molecular weight excluding hydrogens is 394 g/mol. The van der Waals surface area contributed by atoms with Crippen molar-refractivity contribution in [2.24, 2.45) is 0 Å². The highest BCUT2D eigenvalue weighted by Gasteiger charge is 2.23. The first-order valence-corrected chi connectivity index (χ1v) is 9.24. The van der Waals surface area contributed by atoms with Crippen molar-refractivity contribution in [2.45, 2.75) is 19.6 Å². The summed E-state index contributed by atoms with van der Waals surface area (Å²) < 4.78 is 10.4. The SMILES string of the molecule is C[C@H](OC(=O)c1ccccc1C(=O)c1ccc(Cl)cc1)C(=O)NCc1ccco1. The van der Waals surface area contributed by atoms with Crippen LogP contribution in [0.3, 0.4) is 0 Å². The van der Waals surface area contributed by atoms with Crippen molar-refractivity contribution in [1.82, 2.24) is 5.32 Å². The number of furan rings is 1. The van der Waals surface area contributed by atoms with Crippen LogP contribution in [-0.4, -0.2) is 23.8 Å². The monoisotopic (exact) mass is 411 g/mol. The molecule has 1 heterocycles. The molecule has 1 amide bonds. The van der Waals surface area contributed by atoms with Crippen LogP contribution in [0, 0.1) is 0 Å². The number of ether oxygens (including phenoxy) is 1. The van der Waals surface area contributed by atoms with Gasteiger partial charge in [-0.1, -0.05) is 29.8 Å². The highest BCUT2D eigenvalue weighted by Crippen LogP contribution is 2.18. The Morgan fingerprint density at radius 3 is 2.34 bits per heavy atom. The van der Waals surface area contributed by atoms with Crippen LogP contribution in [0.15, 0.2) is 71.3 Å². The van der Waals surface area contributed by atoms with Gasteiger partial charge in [0.05, 0.1) is 18.4 Å². The third kappa shape index (κ3) is 5.12. The fourth-order valence-corrected chi connectivity index (χ4v) is 2.75. The summed E-state index contributed by atoms with van der Waals surface area (Å²) >= 11 is 5.86. The van der Waals surface area contributed by atoms with Gasteiger partial charge >= 0.3 is 5.97 Å². The second kappa shape index (κ2) is 9.21. The minimum absolute atomic E-state index is 0.0816. The molecular formula is C22H18ClNO5. The van der Waals surface area contributed by atoms with Gasteiger partial charge in [-0.2, -0.15) is 0 Å². The maximum Gasteiger partial charge on any atom is 0.339 e. The van der Waals surface area contributed by atoms with E-state index in [0.717, 1.165) is 0 Å². The number of amides is 1. The van der Waals surface area contributed by atoms with Gasteiger partial charge in [-0.25, -0.2) is 4.79 Å². The van der Waals surface area contributed by atoms with E-state index < -0.39 is 18.0 Å². The van der Waals surface area contributed by atoms with Crippen LogP contribution in [0.1, 0.15) is 39.0 Å². The Bertz CT molecular complexity index is 1010. The van der Waals surface area contributed by atoms with Gasteiger partial charge in [-0.15, -0.1) is 0 Å². The smallest absolute Gasteiger partial charge is 0.339 e. The third-order valence-corrected chi connectivity index (χ3v) is 4.42. The van der Waals surface area contributed by atoms with E-state index in [2.05, 4.69) is 5.32 Å². The largest absolute Gasteiger partial charge is 0.467 e. The van der Waals surface area contributed by atoms with E-state index in [4.69, 9.17) is 20.8 Å². The summed E-state index contributed by atoms with van der Waals surface area (Å²) in [6, 6.07) is 16.1. The summed E-state index contributed by atoms with van der Waals surface area (Å²) in [7, 11) is 0. The van der Waals surface area contributed by atoms with Gasteiger partial charge in [0.15, 0.2) is 11.9 Å². The van der Waals surface area contributed by atoms with E-state index in [-0.39, 0.29) is 23.5 Å². The molecule has 0 bridgehead atoms. The summed E-state index contributed by atoms with van der Waals surface area (Å²) in [5, 5.41) is 3.12. The molecule has 6 nitrogen and oxygen atoms in total. The van der Waals surface area contributed by atoms with Crippen LogP contribution in [0.25, 0.3) is 0 Å². The lowest BCUT2D eigenvalue weighted by Gasteiger charge is -2.14. The highest BCUT2D eigenvalue weighted by atomic mass is 35.5. The number of hydrogen-bond acceptors (Lipinski definition) is 5. The molecule has 7 heteroatoms. The molecule has 1 aromatic heterocycles. The zero-order valence-corrected chi connectivity index (χ0v) is 16.3. The molecule has 29 heavy (non-hydrogen) atoms. The Labute approximate surface area is 172 Å². The zero-order chi connectivity index (χ0) is 20.8. The number of halogens is 1. The van der Waals surface area contributed by atoms with Crippen molar-refractivity contribution >= 4 is 29.3 Å². The maximum atomic E-state index is 12.8. The number of carbonyl (C=O) groups excluding carboxylic acids is 3. The first-order chi connectivity index (χ1) is 14.0. The van der Waals surface area contributed by atoms with E-state index >= 15 is 0 Å². The van der Waals surface area contributed by atoms with E-state index in [1.807, 2.05) is 0 Å². The first kappa shape index (κ1) is 20.4.